The van der Waals surface area contributed by atoms with Gasteiger partial charge in [0.05, 0.1) is 5.69 Å². The lowest BCUT2D eigenvalue weighted by Gasteiger charge is -2.03. The van der Waals surface area contributed by atoms with Crippen molar-refractivity contribution < 1.29 is 5.11 Å². The molecule has 1 N–H and O–H groups in total. The highest BCUT2D eigenvalue weighted by molar-refractivity contribution is 5.74. The number of aromatic nitrogens is 2. The molecule has 0 unspecified atom stereocenters. The van der Waals surface area contributed by atoms with Crippen LogP contribution in [0.3, 0.4) is 0 Å². The van der Waals surface area contributed by atoms with Gasteiger partial charge in [-0.3, -0.25) is 0 Å². The van der Waals surface area contributed by atoms with Crippen molar-refractivity contribution in [2.75, 3.05) is 0 Å². The van der Waals surface area contributed by atoms with Crippen molar-refractivity contribution in [3.8, 4) is 39.3 Å². The molecule has 5 aromatic rings. The summed E-state index contributed by atoms with van der Waals surface area (Å²) in [5, 5.41) is 9.49. The summed E-state index contributed by atoms with van der Waals surface area (Å²) in [7, 11) is 0. The smallest absolute Gasteiger partial charge is 0.133 e. The second-order valence-electron chi connectivity index (χ2n) is 8.22. The van der Waals surface area contributed by atoms with Crippen LogP contribution in [0.1, 0.15) is 18.3 Å². The van der Waals surface area contributed by atoms with Crippen LogP contribution in [0.25, 0.3) is 45.7 Å². The minimum Gasteiger partial charge on any atom is -0.508 e. The Labute approximate surface area is 200 Å². The molecule has 5 rings (SSSR count). The lowest BCUT2D eigenvalue weighted by molar-refractivity contribution is 0.475. The van der Waals surface area contributed by atoms with E-state index in [0.717, 1.165) is 40.3 Å². The van der Waals surface area contributed by atoms with E-state index >= 15 is 0 Å². The molecule has 0 atom stereocenters. The van der Waals surface area contributed by atoms with Crippen molar-refractivity contribution in [1.29, 1.82) is 0 Å². The van der Waals surface area contributed by atoms with E-state index < -0.39 is 0 Å². The van der Waals surface area contributed by atoms with Crippen LogP contribution in [0.5, 0.6) is 5.75 Å². The highest BCUT2D eigenvalue weighted by Gasteiger charge is 2.08. The number of rotatable bonds is 6. The maximum Gasteiger partial charge on any atom is 0.133 e. The third kappa shape index (κ3) is 4.69. The molecule has 0 amide bonds. The zero-order valence-corrected chi connectivity index (χ0v) is 19.1. The van der Waals surface area contributed by atoms with Gasteiger partial charge in [-0.05, 0) is 59.0 Å². The van der Waals surface area contributed by atoms with Crippen molar-refractivity contribution in [3.63, 3.8) is 0 Å². The fraction of sp³-hybridized carbons (Fsp3) is 0.0645. The molecule has 1 heterocycles. The van der Waals surface area contributed by atoms with Gasteiger partial charge in [0.2, 0.25) is 0 Å². The molecule has 0 aliphatic heterocycles. The van der Waals surface area contributed by atoms with Gasteiger partial charge in [0.25, 0.3) is 0 Å². The third-order valence-corrected chi connectivity index (χ3v) is 5.95. The molecule has 0 aliphatic carbocycles. The summed E-state index contributed by atoms with van der Waals surface area (Å²) in [5.74, 6) is 1.21. The first-order chi connectivity index (χ1) is 16.7. The van der Waals surface area contributed by atoms with Crippen molar-refractivity contribution in [1.82, 2.24) is 9.55 Å². The van der Waals surface area contributed by atoms with E-state index in [9.17, 15) is 5.11 Å². The Bertz CT molecular complexity index is 1410. The maximum atomic E-state index is 9.49. The summed E-state index contributed by atoms with van der Waals surface area (Å²) < 4.78 is 2.17. The molecule has 0 aliphatic rings. The Morgan fingerprint density at radius 2 is 1.29 bits per heavy atom. The predicted molar refractivity (Wildman–Crippen MR) is 141 cm³/mol. The van der Waals surface area contributed by atoms with Crippen molar-refractivity contribution >= 4 is 12.2 Å². The Hall–Kier alpha value is -4.37. The molecule has 0 fully saturated rings. The maximum absolute atomic E-state index is 9.49. The molecule has 3 heteroatoms. The van der Waals surface area contributed by atoms with Crippen LogP contribution >= 0.6 is 0 Å². The Balaban J connectivity index is 1.38. The number of hydrogen-bond acceptors (Lipinski definition) is 2. The van der Waals surface area contributed by atoms with Crippen LogP contribution in [-0.4, -0.2) is 14.7 Å². The number of imidazole rings is 1. The van der Waals surface area contributed by atoms with Crippen molar-refractivity contribution in [2.24, 2.45) is 0 Å². The lowest BCUT2D eigenvalue weighted by Crippen LogP contribution is -1.94. The monoisotopic (exact) mass is 442 g/mol. The minimum atomic E-state index is 0.279. The highest BCUT2D eigenvalue weighted by atomic mass is 16.3. The lowest BCUT2D eigenvalue weighted by atomic mass is 10.0. The summed E-state index contributed by atoms with van der Waals surface area (Å²) in [6.45, 7) is 2.99. The Morgan fingerprint density at radius 3 is 2.00 bits per heavy atom. The molecule has 166 valence electrons. The number of aryl methyl sites for hydroxylation is 1. The summed E-state index contributed by atoms with van der Waals surface area (Å²) in [4.78, 5) is 4.93. The van der Waals surface area contributed by atoms with E-state index in [1.807, 2.05) is 18.2 Å². The largest absolute Gasteiger partial charge is 0.508 e. The van der Waals surface area contributed by atoms with Crippen LogP contribution in [0.2, 0.25) is 0 Å². The van der Waals surface area contributed by atoms with Gasteiger partial charge in [0.15, 0.2) is 0 Å². The average molecular weight is 443 g/mol. The molecule has 0 spiro atoms. The molecule has 0 saturated carbocycles. The molecule has 1 aromatic heterocycles. The normalized spacial score (nSPS) is 11.2. The van der Waals surface area contributed by atoms with Gasteiger partial charge in [0.1, 0.15) is 11.6 Å². The fourth-order valence-corrected chi connectivity index (χ4v) is 4.06. The molecule has 0 bridgehead atoms. The van der Waals surface area contributed by atoms with Gasteiger partial charge in [-0.25, -0.2) is 4.98 Å². The fourth-order valence-electron chi connectivity index (χ4n) is 4.06. The van der Waals surface area contributed by atoms with Crippen LogP contribution in [0, 0.1) is 0 Å². The first kappa shape index (κ1) is 21.5. The van der Waals surface area contributed by atoms with Gasteiger partial charge in [-0.15, -0.1) is 0 Å². The van der Waals surface area contributed by atoms with E-state index in [-0.39, 0.29) is 5.75 Å². The van der Waals surface area contributed by atoms with Crippen molar-refractivity contribution in [2.45, 2.75) is 13.5 Å². The summed E-state index contributed by atoms with van der Waals surface area (Å²) in [5.41, 5.74) is 7.79. The predicted octanol–water partition coefficient (Wildman–Crippen LogP) is 7.78. The Morgan fingerprint density at radius 1 is 0.676 bits per heavy atom. The summed E-state index contributed by atoms with van der Waals surface area (Å²) >= 11 is 0. The van der Waals surface area contributed by atoms with Gasteiger partial charge in [0, 0.05) is 18.3 Å². The second-order valence-corrected chi connectivity index (χ2v) is 8.22. The number of aromatic hydroxyl groups is 1. The number of hydrogen-bond donors (Lipinski definition) is 1. The van der Waals surface area contributed by atoms with Crippen molar-refractivity contribution in [3.05, 3.63) is 121 Å². The number of benzene rings is 4. The van der Waals surface area contributed by atoms with Gasteiger partial charge in [-0.2, -0.15) is 0 Å². The standard InChI is InChI=1S/C31H26N2O/c1-2-33-22-30(28-10-6-9-27(21-28)24-7-4-3-5-8-24)32-31(33)20-13-23-11-14-25(15-12-23)26-16-18-29(34)19-17-26/h3-22,34H,2H2,1H3. The Kier molecular flexibility index (Phi) is 6.09. The van der Waals surface area contributed by atoms with Crippen LogP contribution in [0.15, 0.2) is 109 Å². The molecule has 0 radical (unpaired) electrons. The van der Waals surface area contributed by atoms with E-state index in [1.165, 1.54) is 11.1 Å². The highest BCUT2D eigenvalue weighted by Crippen LogP contribution is 2.27. The molecule has 34 heavy (non-hydrogen) atoms. The topological polar surface area (TPSA) is 38.0 Å². The molecule has 0 saturated heterocycles. The van der Waals surface area contributed by atoms with Crippen LogP contribution < -0.4 is 0 Å². The number of nitrogens with zero attached hydrogens (tertiary/aromatic N) is 2. The number of phenolic OH excluding ortho intramolecular Hbond substituents is 1. The van der Waals surface area contributed by atoms with E-state index in [0.29, 0.717) is 0 Å². The van der Waals surface area contributed by atoms with E-state index in [4.69, 9.17) is 4.98 Å². The van der Waals surface area contributed by atoms with E-state index in [2.05, 4.69) is 103 Å². The zero-order valence-electron chi connectivity index (χ0n) is 19.1. The number of phenols is 1. The molecular weight excluding hydrogens is 416 g/mol. The average Bonchev–Trinajstić information content (AvgIpc) is 3.32. The molecular formula is C31H26N2O. The summed E-state index contributed by atoms with van der Waals surface area (Å²) in [6, 6.07) is 34.6. The zero-order chi connectivity index (χ0) is 23.3. The van der Waals surface area contributed by atoms with Crippen LogP contribution in [-0.2, 0) is 6.54 Å². The molecule has 4 aromatic carbocycles. The van der Waals surface area contributed by atoms with Gasteiger partial charge >= 0.3 is 0 Å². The quantitative estimate of drug-likeness (QED) is 0.291. The first-order valence-corrected chi connectivity index (χ1v) is 11.5. The van der Waals surface area contributed by atoms with Gasteiger partial charge in [-0.1, -0.05) is 91.0 Å². The van der Waals surface area contributed by atoms with Gasteiger partial charge < -0.3 is 9.67 Å². The molecule has 3 nitrogen and oxygen atoms in total. The van der Waals surface area contributed by atoms with E-state index in [1.54, 1.807) is 12.1 Å². The first-order valence-electron chi connectivity index (χ1n) is 11.5. The second kappa shape index (κ2) is 9.63. The minimum absolute atomic E-state index is 0.279. The summed E-state index contributed by atoms with van der Waals surface area (Å²) in [6.07, 6.45) is 6.29. The third-order valence-electron chi connectivity index (χ3n) is 5.95. The SMILES string of the molecule is CCn1cc(-c2cccc(-c3ccccc3)c2)nc1C=Cc1ccc(-c2ccc(O)cc2)cc1. The van der Waals surface area contributed by atoms with Crippen LogP contribution in [0.4, 0.5) is 0 Å².